The van der Waals surface area contributed by atoms with Gasteiger partial charge in [-0.3, -0.25) is 4.98 Å². The maximum absolute atomic E-state index is 5.31. The van der Waals surface area contributed by atoms with E-state index in [9.17, 15) is 0 Å². The van der Waals surface area contributed by atoms with Gasteiger partial charge in [-0.15, -0.1) is 0 Å². The van der Waals surface area contributed by atoms with Crippen LogP contribution in [0.1, 0.15) is 0 Å². The molecule has 7 aromatic carbocycles. The summed E-state index contributed by atoms with van der Waals surface area (Å²) in [5.41, 5.74) is 14.7. The lowest BCUT2D eigenvalue weighted by Crippen LogP contribution is -1.92. The maximum Gasteiger partial charge on any atom is 0.0972 e. The largest absolute Gasteiger partial charge is 0.256 e. The molecular weight excluding hydrogens is 731 g/mol. The fourth-order valence-electron chi connectivity index (χ4n) is 8.64. The van der Waals surface area contributed by atoms with Crippen molar-refractivity contribution in [2.75, 3.05) is 0 Å². The molecular formula is C55H33N5. The molecule has 0 unspecified atom stereocenters. The van der Waals surface area contributed by atoms with E-state index in [1.54, 1.807) is 0 Å². The summed E-state index contributed by atoms with van der Waals surface area (Å²) < 4.78 is 0. The molecule has 0 amide bonds. The second-order valence-electron chi connectivity index (χ2n) is 15.3. The molecule has 5 nitrogen and oxygen atoms in total. The van der Waals surface area contributed by atoms with Crippen LogP contribution < -0.4 is 0 Å². The van der Waals surface area contributed by atoms with Crippen molar-refractivity contribution < 1.29 is 0 Å². The normalized spacial score (nSPS) is 11.7. The fraction of sp³-hybridized carbons (Fsp3) is 0. The Morgan fingerprint density at radius 1 is 0.267 bits per heavy atom. The summed E-state index contributed by atoms with van der Waals surface area (Å²) in [7, 11) is 0. The number of benzene rings is 7. The minimum Gasteiger partial charge on any atom is -0.256 e. The number of fused-ring (bicyclic) bond motifs is 7. The third-order valence-corrected chi connectivity index (χ3v) is 11.7. The van der Waals surface area contributed by atoms with E-state index in [0.717, 1.165) is 121 Å². The molecule has 0 N–H and O–H groups in total. The Bertz CT molecular complexity index is 3670. The van der Waals surface area contributed by atoms with Crippen LogP contribution in [-0.2, 0) is 0 Å². The highest BCUT2D eigenvalue weighted by molar-refractivity contribution is 6.08. The third kappa shape index (κ3) is 5.75. The summed E-state index contributed by atoms with van der Waals surface area (Å²) in [5, 5.41) is 7.70. The molecule has 0 spiro atoms. The van der Waals surface area contributed by atoms with Gasteiger partial charge in [0.25, 0.3) is 0 Å². The first-order chi connectivity index (χ1) is 29.7. The second-order valence-corrected chi connectivity index (χ2v) is 15.3. The molecule has 0 saturated carbocycles. The minimum absolute atomic E-state index is 0.900. The van der Waals surface area contributed by atoms with Crippen molar-refractivity contribution in [3.05, 3.63) is 200 Å². The number of hydrogen-bond donors (Lipinski definition) is 0. The van der Waals surface area contributed by atoms with Gasteiger partial charge in [-0.2, -0.15) is 0 Å². The van der Waals surface area contributed by atoms with Crippen LogP contribution in [0.2, 0.25) is 0 Å². The molecule has 5 aromatic heterocycles. The first kappa shape index (κ1) is 33.9. The average Bonchev–Trinajstić information content (AvgIpc) is 3.32. The van der Waals surface area contributed by atoms with E-state index in [-0.39, 0.29) is 0 Å². The zero-order valence-corrected chi connectivity index (χ0v) is 32.3. The van der Waals surface area contributed by atoms with E-state index in [1.165, 1.54) is 0 Å². The molecule has 12 aromatic rings. The van der Waals surface area contributed by atoms with E-state index in [4.69, 9.17) is 19.9 Å². The van der Waals surface area contributed by atoms with E-state index in [2.05, 4.69) is 175 Å². The van der Waals surface area contributed by atoms with Crippen molar-refractivity contribution in [1.29, 1.82) is 0 Å². The fourth-order valence-corrected chi connectivity index (χ4v) is 8.64. The SMILES string of the molecule is c1ccc(-c2ccc3ccc4ccc(-c5ccc(-c6ccc7ccc(-c8ccc9ccc(-c%10cccc%11cccnc%10%11)nc9c8)nc7c6)c6ccccc56)nc4c3n2)cc1. The van der Waals surface area contributed by atoms with E-state index < -0.39 is 0 Å². The number of pyridine rings is 5. The molecule has 60 heavy (non-hydrogen) atoms. The Morgan fingerprint density at radius 2 is 0.783 bits per heavy atom. The number of hydrogen-bond acceptors (Lipinski definition) is 5. The van der Waals surface area contributed by atoms with Crippen LogP contribution >= 0.6 is 0 Å². The molecule has 0 aliphatic rings. The van der Waals surface area contributed by atoms with Crippen LogP contribution in [0.25, 0.3) is 121 Å². The predicted octanol–water partition coefficient (Wildman–Crippen LogP) is 13.9. The lowest BCUT2D eigenvalue weighted by atomic mass is 9.93. The smallest absolute Gasteiger partial charge is 0.0972 e. The Hall–Kier alpha value is -8.15. The highest BCUT2D eigenvalue weighted by Crippen LogP contribution is 2.38. The molecule has 0 atom stereocenters. The van der Waals surface area contributed by atoms with Gasteiger partial charge in [0, 0.05) is 55.4 Å². The summed E-state index contributed by atoms with van der Waals surface area (Å²) in [5.74, 6) is 0. The Kier molecular flexibility index (Phi) is 7.78. The maximum atomic E-state index is 5.31. The lowest BCUT2D eigenvalue weighted by Gasteiger charge is -2.13. The van der Waals surface area contributed by atoms with Crippen molar-refractivity contribution in [3.63, 3.8) is 0 Å². The van der Waals surface area contributed by atoms with Gasteiger partial charge in [-0.25, -0.2) is 19.9 Å². The summed E-state index contributed by atoms with van der Waals surface area (Å²) in [6, 6.07) is 67.9. The van der Waals surface area contributed by atoms with E-state index in [1.807, 2.05) is 30.5 Å². The molecule has 278 valence electrons. The standard InChI is InChI=1S/C55H33N5/c1-2-8-34(9-3-1)47-28-23-38-17-18-39-24-30-49(60-55(39)54(38)59-47)45-26-25-42(43-12-4-5-13-44(43)45)40-19-15-35-21-27-48(57-51(35)32-40)41-20-16-36-22-29-50(58-52(36)33-41)46-14-6-10-37-11-7-31-56-53(37)46/h1-33H. The van der Waals surface area contributed by atoms with Crippen LogP contribution in [0, 0.1) is 0 Å². The second kappa shape index (κ2) is 13.8. The number of para-hydroxylation sites is 1. The van der Waals surface area contributed by atoms with Crippen LogP contribution in [-0.4, -0.2) is 24.9 Å². The van der Waals surface area contributed by atoms with Crippen molar-refractivity contribution in [1.82, 2.24) is 24.9 Å². The van der Waals surface area contributed by atoms with Gasteiger partial charge in [0.2, 0.25) is 0 Å². The highest BCUT2D eigenvalue weighted by atomic mass is 14.8. The van der Waals surface area contributed by atoms with Crippen LogP contribution in [0.15, 0.2) is 200 Å². The lowest BCUT2D eigenvalue weighted by molar-refractivity contribution is 1.36. The Morgan fingerprint density at radius 3 is 1.55 bits per heavy atom. The first-order valence-electron chi connectivity index (χ1n) is 20.1. The van der Waals surface area contributed by atoms with Crippen LogP contribution in [0.4, 0.5) is 0 Å². The number of aromatic nitrogens is 5. The first-order valence-corrected chi connectivity index (χ1v) is 20.1. The van der Waals surface area contributed by atoms with Crippen molar-refractivity contribution in [2.45, 2.75) is 0 Å². The number of nitrogens with zero attached hydrogens (tertiary/aromatic N) is 5. The van der Waals surface area contributed by atoms with Crippen molar-refractivity contribution in [2.24, 2.45) is 0 Å². The molecule has 5 heterocycles. The quantitative estimate of drug-likeness (QED) is 0.163. The Balaban J connectivity index is 0.923. The Labute approximate surface area is 345 Å². The van der Waals surface area contributed by atoms with Gasteiger partial charge in [-0.05, 0) is 64.4 Å². The molecule has 0 aliphatic carbocycles. The van der Waals surface area contributed by atoms with Crippen LogP contribution in [0.3, 0.4) is 0 Å². The molecule has 0 bridgehead atoms. The average molecular weight is 764 g/mol. The third-order valence-electron chi connectivity index (χ3n) is 11.7. The zero-order chi connectivity index (χ0) is 39.6. The van der Waals surface area contributed by atoms with E-state index in [0.29, 0.717) is 0 Å². The number of rotatable bonds is 5. The van der Waals surface area contributed by atoms with Gasteiger partial charge in [0.05, 0.1) is 50.4 Å². The zero-order valence-electron chi connectivity index (χ0n) is 32.3. The molecule has 5 heteroatoms. The molecule has 12 rings (SSSR count). The summed E-state index contributed by atoms with van der Waals surface area (Å²) in [6.45, 7) is 0. The van der Waals surface area contributed by atoms with Crippen molar-refractivity contribution in [3.8, 4) is 56.2 Å². The van der Waals surface area contributed by atoms with Gasteiger partial charge in [0.1, 0.15) is 0 Å². The molecule has 0 fully saturated rings. The monoisotopic (exact) mass is 763 g/mol. The summed E-state index contributed by atoms with van der Waals surface area (Å²) in [4.78, 5) is 25.5. The topological polar surface area (TPSA) is 64.5 Å². The van der Waals surface area contributed by atoms with Crippen molar-refractivity contribution >= 4 is 65.3 Å². The summed E-state index contributed by atoms with van der Waals surface area (Å²) >= 11 is 0. The van der Waals surface area contributed by atoms with E-state index >= 15 is 0 Å². The molecule has 0 saturated heterocycles. The molecule has 0 aliphatic heterocycles. The minimum atomic E-state index is 0.900. The van der Waals surface area contributed by atoms with Gasteiger partial charge >= 0.3 is 0 Å². The predicted molar refractivity (Wildman–Crippen MR) is 248 cm³/mol. The summed E-state index contributed by atoms with van der Waals surface area (Å²) in [6.07, 6.45) is 1.84. The van der Waals surface area contributed by atoms with Gasteiger partial charge in [-0.1, -0.05) is 152 Å². The van der Waals surface area contributed by atoms with Crippen LogP contribution in [0.5, 0.6) is 0 Å². The highest BCUT2D eigenvalue weighted by Gasteiger charge is 2.15. The van der Waals surface area contributed by atoms with Gasteiger partial charge in [0.15, 0.2) is 0 Å². The molecule has 0 radical (unpaired) electrons. The van der Waals surface area contributed by atoms with Gasteiger partial charge < -0.3 is 0 Å².